The van der Waals surface area contributed by atoms with Gasteiger partial charge >= 0.3 is 0 Å². The van der Waals surface area contributed by atoms with Gasteiger partial charge < -0.3 is 0 Å². The van der Waals surface area contributed by atoms with Gasteiger partial charge in [-0.05, 0) is 87.2 Å². The highest BCUT2D eigenvalue weighted by molar-refractivity contribution is 5.24. The quantitative estimate of drug-likeness (QED) is 0.187. The van der Waals surface area contributed by atoms with Crippen LogP contribution in [0, 0.1) is 35.5 Å². The molecule has 0 amide bonds. The van der Waals surface area contributed by atoms with Crippen LogP contribution in [0.5, 0.6) is 0 Å². The van der Waals surface area contributed by atoms with Gasteiger partial charge in [-0.25, -0.2) is 0 Å². The maximum atomic E-state index is 3.27. The fourth-order valence-corrected chi connectivity index (χ4v) is 5.88. The van der Waals surface area contributed by atoms with Gasteiger partial charge in [0.05, 0.1) is 0 Å². The van der Waals surface area contributed by atoms with E-state index < -0.39 is 0 Å². The van der Waals surface area contributed by atoms with Crippen molar-refractivity contribution in [2.75, 3.05) is 0 Å². The Bertz CT molecular complexity index is 492. The molecular weight excluding hydrogens is 384 g/mol. The van der Waals surface area contributed by atoms with E-state index >= 15 is 0 Å². The Balaban J connectivity index is 1.50. The van der Waals surface area contributed by atoms with Crippen molar-refractivity contribution in [1.29, 1.82) is 0 Å². The van der Waals surface area contributed by atoms with E-state index in [0.29, 0.717) is 0 Å². The summed E-state index contributed by atoms with van der Waals surface area (Å²) in [5.74, 6) is 10.1. The van der Waals surface area contributed by atoms with Crippen molar-refractivity contribution in [1.82, 2.24) is 0 Å². The molecule has 0 aromatic heterocycles. The van der Waals surface area contributed by atoms with Gasteiger partial charge in [0.15, 0.2) is 0 Å². The van der Waals surface area contributed by atoms with Gasteiger partial charge in [-0.1, -0.05) is 115 Å². The number of hydrogen-bond acceptors (Lipinski definition) is 0. The Labute approximate surface area is 202 Å². The summed E-state index contributed by atoms with van der Waals surface area (Å²) in [5.41, 5.74) is 0. The van der Waals surface area contributed by atoms with Gasteiger partial charge in [-0.2, -0.15) is 0 Å². The first-order chi connectivity index (χ1) is 15.8. The summed E-state index contributed by atoms with van der Waals surface area (Å²) in [5, 5.41) is 0. The molecule has 0 unspecified atom stereocenters. The van der Waals surface area contributed by atoms with Crippen LogP contribution >= 0.6 is 0 Å². The number of hydrogen-bond donors (Lipinski definition) is 0. The second-order valence-corrected chi connectivity index (χ2v) is 11.0. The van der Waals surface area contributed by atoms with Gasteiger partial charge in [0.2, 0.25) is 0 Å². The van der Waals surface area contributed by atoms with Crippen molar-refractivity contribution in [3.05, 3.63) is 24.3 Å². The SMILES string of the molecule is CCCCCCC[C@H]1CC[C@H](/C=C/C#C/C=C/[C@H]2CC[C@H](CCCCCCC)CC2)CC1. The maximum Gasteiger partial charge on any atom is -0.0153 e. The zero-order chi connectivity index (χ0) is 22.7. The first-order valence-corrected chi connectivity index (χ1v) is 14.7. The van der Waals surface area contributed by atoms with Gasteiger partial charge in [0.1, 0.15) is 0 Å². The standard InChI is InChI=1S/C32H54/c1-3-5-7-9-13-17-29-21-25-31(26-22-29)19-15-11-12-16-20-32-27-23-30(24-28-32)18-14-10-8-6-4-2/h15-16,19-20,29-32H,3-10,13-14,17-18,21-28H2,1-2H3/b19-15+,20-16+/t29-,30-,31-,32-. The summed E-state index contributed by atoms with van der Waals surface area (Å²) in [7, 11) is 0. The second-order valence-electron chi connectivity index (χ2n) is 11.0. The van der Waals surface area contributed by atoms with E-state index in [1.807, 2.05) is 0 Å². The molecule has 0 N–H and O–H groups in total. The predicted molar refractivity (Wildman–Crippen MR) is 144 cm³/mol. The van der Waals surface area contributed by atoms with E-state index in [1.165, 1.54) is 128 Å². The minimum absolute atomic E-state index is 0.780. The van der Waals surface area contributed by atoms with Crippen molar-refractivity contribution in [2.24, 2.45) is 23.7 Å². The fourth-order valence-electron chi connectivity index (χ4n) is 5.88. The van der Waals surface area contributed by atoms with Crippen LogP contribution in [0.15, 0.2) is 24.3 Å². The first kappa shape index (κ1) is 27.3. The lowest BCUT2D eigenvalue weighted by molar-refractivity contribution is 0.288. The molecule has 0 nitrogen and oxygen atoms in total. The van der Waals surface area contributed by atoms with Crippen molar-refractivity contribution >= 4 is 0 Å². The van der Waals surface area contributed by atoms with E-state index in [1.54, 1.807) is 0 Å². The third-order valence-corrected chi connectivity index (χ3v) is 8.20. The molecule has 0 heterocycles. The average molecular weight is 439 g/mol. The molecule has 0 bridgehead atoms. The number of rotatable bonds is 14. The van der Waals surface area contributed by atoms with E-state index in [9.17, 15) is 0 Å². The normalized spacial score (nSPS) is 26.4. The molecule has 2 aliphatic carbocycles. The van der Waals surface area contributed by atoms with Crippen LogP contribution in [0.3, 0.4) is 0 Å². The topological polar surface area (TPSA) is 0 Å². The highest BCUT2D eigenvalue weighted by atomic mass is 14.2. The summed E-state index contributed by atoms with van der Waals surface area (Å²) < 4.78 is 0. The lowest BCUT2D eigenvalue weighted by Crippen LogP contribution is -2.13. The molecule has 0 atom stereocenters. The Morgan fingerprint density at radius 2 is 0.875 bits per heavy atom. The van der Waals surface area contributed by atoms with Crippen molar-refractivity contribution in [3.63, 3.8) is 0 Å². The molecular formula is C32H54. The average Bonchev–Trinajstić information content (AvgIpc) is 2.83. The van der Waals surface area contributed by atoms with E-state index in [2.05, 4.69) is 50.0 Å². The smallest absolute Gasteiger partial charge is 0.0153 e. The summed E-state index contributed by atoms with van der Waals surface area (Å²) in [6.07, 6.45) is 37.6. The highest BCUT2D eigenvalue weighted by Gasteiger charge is 2.19. The van der Waals surface area contributed by atoms with Gasteiger partial charge in [0, 0.05) is 0 Å². The predicted octanol–water partition coefficient (Wildman–Crippen LogP) is 10.4. The van der Waals surface area contributed by atoms with Crippen molar-refractivity contribution in [3.8, 4) is 11.8 Å². The van der Waals surface area contributed by atoms with Crippen LogP contribution < -0.4 is 0 Å². The molecule has 0 saturated heterocycles. The molecule has 0 aromatic carbocycles. The van der Waals surface area contributed by atoms with Crippen LogP contribution in [-0.2, 0) is 0 Å². The number of unbranched alkanes of at least 4 members (excludes halogenated alkanes) is 8. The third kappa shape index (κ3) is 12.9. The Morgan fingerprint density at radius 1 is 0.500 bits per heavy atom. The molecule has 0 radical (unpaired) electrons. The molecule has 0 spiro atoms. The van der Waals surface area contributed by atoms with Crippen molar-refractivity contribution in [2.45, 2.75) is 142 Å². The van der Waals surface area contributed by atoms with Crippen LogP contribution in [-0.4, -0.2) is 0 Å². The van der Waals surface area contributed by atoms with E-state index in [4.69, 9.17) is 0 Å². The fraction of sp³-hybridized carbons (Fsp3) is 0.812. The molecule has 0 aromatic rings. The summed E-state index contributed by atoms with van der Waals surface area (Å²) >= 11 is 0. The van der Waals surface area contributed by atoms with Crippen molar-refractivity contribution < 1.29 is 0 Å². The summed E-state index contributed by atoms with van der Waals surface area (Å²) in [6.45, 7) is 4.61. The number of allylic oxidation sites excluding steroid dienone is 4. The first-order valence-electron chi connectivity index (χ1n) is 14.7. The van der Waals surface area contributed by atoms with Gasteiger partial charge in [-0.15, -0.1) is 0 Å². The minimum Gasteiger partial charge on any atom is -0.0730 e. The summed E-state index contributed by atoms with van der Waals surface area (Å²) in [6, 6.07) is 0. The molecule has 0 heteroatoms. The van der Waals surface area contributed by atoms with Crippen LogP contribution in [0.4, 0.5) is 0 Å². The van der Waals surface area contributed by atoms with E-state index in [0.717, 1.165) is 23.7 Å². The summed E-state index contributed by atoms with van der Waals surface area (Å²) in [4.78, 5) is 0. The lowest BCUT2D eigenvalue weighted by atomic mass is 9.79. The van der Waals surface area contributed by atoms with Crippen LogP contribution in [0.1, 0.15) is 142 Å². The van der Waals surface area contributed by atoms with Crippen LogP contribution in [0.25, 0.3) is 0 Å². The highest BCUT2D eigenvalue weighted by Crippen LogP contribution is 2.33. The molecule has 32 heavy (non-hydrogen) atoms. The van der Waals surface area contributed by atoms with E-state index in [-0.39, 0.29) is 0 Å². The molecule has 2 saturated carbocycles. The zero-order valence-electron chi connectivity index (χ0n) is 21.8. The Kier molecular flexibility index (Phi) is 15.7. The van der Waals surface area contributed by atoms with Crippen LogP contribution in [0.2, 0.25) is 0 Å². The third-order valence-electron chi connectivity index (χ3n) is 8.20. The molecule has 2 fully saturated rings. The molecule has 0 aliphatic heterocycles. The maximum absolute atomic E-state index is 3.27. The molecule has 182 valence electrons. The monoisotopic (exact) mass is 438 g/mol. The molecule has 2 rings (SSSR count). The van der Waals surface area contributed by atoms with Gasteiger partial charge in [0.25, 0.3) is 0 Å². The minimum atomic E-state index is 0.780. The lowest BCUT2D eigenvalue weighted by Gasteiger charge is -2.26. The molecule has 2 aliphatic rings. The Morgan fingerprint density at radius 3 is 1.25 bits per heavy atom. The largest absolute Gasteiger partial charge is 0.0730 e. The second kappa shape index (κ2) is 18.5. The van der Waals surface area contributed by atoms with Gasteiger partial charge in [-0.3, -0.25) is 0 Å². The zero-order valence-corrected chi connectivity index (χ0v) is 21.8. The Hall–Kier alpha value is -0.960.